The van der Waals surface area contributed by atoms with Gasteiger partial charge in [0.05, 0.1) is 6.20 Å². The van der Waals surface area contributed by atoms with E-state index in [-0.39, 0.29) is 16.6 Å². The second-order valence-electron chi connectivity index (χ2n) is 4.55. The van der Waals surface area contributed by atoms with Gasteiger partial charge in [0.2, 0.25) is 10.0 Å². The van der Waals surface area contributed by atoms with E-state index in [2.05, 4.69) is 10.3 Å². The van der Waals surface area contributed by atoms with Gasteiger partial charge in [-0.2, -0.15) is 9.40 Å². The molecule has 1 aliphatic heterocycles. The SMILES string of the molecule is Cn1cc(S(=O)(=O)N2CCC(C(N)=NO)CC2)cn1. The Bertz CT molecular complexity index is 572. The third-order valence-electron chi connectivity index (χ3n) is 3.31. The van der Waals surface area contributed by atoms with E-state index in [0.717, 1.165) is 0 Å². The number of aromatic nitrogens is 2. The van der Waals surface area contributed by atoms with E-state index >= 15 is 0 Å². The topological polar surface area (TPSA) is 114 Å². The van der Waals surface area contributed by atoms with Gasteiger partial charge < -0.3 is 10.9 Å². The number of aryl methyl sites for hydroxylation is 1. The van der Waals surface area contributed by atoms with Gasteiger partial charge in [0.25, 0.3) is 0 Å². The molecule has 2 heterocycles. The van der Waals surface area contributed by atoms with Crippen molar-refractivity contribution in [2.75, 3.05) is 13.1 Å². The lowest BCUT2D eigenvalue weighted by Crippen LogP contribution is -2.41. The van der Waals surface area contributed by atoms with Crippen LogP contribution in [0.15, 0.2) is 22.4 Å². The number of hydrogen-bond acceptors (Lipinski definition) is 5. The summed E-state index contributed by atoms with van der Waals surface area (Å²) in [5.41, 5.74) is 5.54. The van der Waals surface area contributed by atoms with E-state index in [0.29, 0.717) is 25.9 Å². The fraction of sp³-hybridized carbons (Fsp3) is 0.600. The Labute approximate surface area is 111 Å². The molecular formula is C10H17N5O3S. The highest BCUT2D eigenvalue weighted by Crippen LogP contribution is 2.23. The van der Waals surface area contributed by atoms with Gasteiger partial charge in [-0.3, -0.25) is 4.68 Å². The maximum absolute atomic E-state index is 12.3. The first-order valence-corrected chi connectivity index (χ1v) is 7.35. The van der Waals surface area contributed by atoms with Gasteiger partial charge in [-0.15, -0.1) is 0 Å². The van der Waals surface area contributed by atoms with Gasteiger partial charge in [-0.25, -0.2) is 8.42 Å². The number of rotatable bonds is 3. The fourth-order valence-electron chi connectivity index (χ4n) is 2.15. The third-order valence-corrected chi connectivity index (χ3v) is 5.16. The van der Waals surface area contributed by atoms with Crippen LogP contribution in [0.3, 0.4) is 0 Å². The van der Waals surface area contributed by atoms with Crippen LogP contribution in [0, 0.1) is 5.92 Å². The van der Waals surface area contributed by atoms with E-state index in [9.17, 15) is 8.42 Å². The Morgan fingerprint density at radius 1 is 1.53 bits per heavy atom. The van der Waals surface area contributed by atoms with E-state index in [1.807, 2.05) is 0 Å². The molecule has 1 aromatic heterocycles. The molecule has 0 amide bonds. The van der Waals surface area contributed by atoms with Crippen molar-refractivity contribution in [2.24, 2.45) is 23.9 Å². The molecule has 0 aromatic carbocycles. The van der Waals surface area contributed by atoms with Crippen LogP contribution in [0.2, 0.25) is 0 Å². The summed E-state index contributed by atoms with van der Waals surface area (Å²) in [5, 5.41) is 15.5. The molecule has 0 atom stereocenters. The Morgan fingerprint density at radius 2 is 2.16 bits per heavy atom. The minimum atomic E-state index is -3.49. The minimum absolute atomic E-state index is 0.0645. The van der Waals surface area contributed by atoms with Gasteiger partial charge in [-0.1, -0.05) is 5.16 Å². The first-order chi connectivity index (χ1) is 8.95. The molecule has 0 radical (unpaired) electrons. The second kappa shape index (κ2) is 5.17. The van der Waals surface area contributed by atoms with Gasteiger partial charge in [0.15, 0.2) is 0 Å². The molecule has 0 spiro atoms. The lowest BCUT2D eigenvalue weighted by atomic mass is 9.97. The van der Waals surface area contributed by atoms with Crippen molar-refractivity contribution in [1.82, 2.24) is 14.1 Å². The van der Waals surface area contributed by atoms with Crippen molar-refractivity contribution < 1.29 is 13.6 Å². The largest absolute Gasteiger partial charge is 0.409 e. The number of piperidine rings is 1. The van der Waals surface area contributed by atoms with E-state index in [1.54, 1.807) is 7.05 Å². The summed E-state index contributed by atoms with van der Waals surface area (Å²) in [4.78, 5) is 0.192. The lowest BCUT2D eigenvalue weighted by Gasteiger charge is -2.30. The average Bonchev–Trinajstić information content (AvgIpc) is 2.85. The van der Waals surface area contributed by atoms with Gasteiger partial charge in [-0.05, 0) is 12.8 Å². The van der Waals surface area contributed by atoms with Crippen LogP contribution in [-0.2, 0) is 17.1 Å². The van der Waals surface area contributed by atoms with Crippen LogP contribution in [-0.4, -0.2) is 46.6 Å². The third kappa shape index (κ3) is 2.71. The number of nitrogens with zero attached hydrogens (tertiary/aromatic N) is 4. The van der Waals surface area contributed by atoms with E-state index in [1.165, 1.54) is 21.4 Å². The molecule has 9 heteroatoms. The van der Waals surface area contributed by atoms with Gasteiger partial charge in [0, 0.05) is 32.3 Å². The zero-order valence-electron chi connectivity index (χ0n) is 10.6. The monoisotopic (exact) mass is 287 g/mol. The Morgan fingerprint density at radius 3 is 2.63 bits per heavy atom. The van der Waals surface area contributed by atoms with Gasteiger partial charge in [0.1, 0.15) is 10.7 Å². The van der Waals surface area contributed by atoms with Crippen LogP contribution < -0.4 is 5.73 Å². The molecule has 8 nitrogen and oxygen atoms in total. The normalized spacial score (nSPS) is 19.7. The molecule has 2 rings (SSSR count). The van der Waals surface area contributed by atoms with Crippen molar-refractivity contribution in [1.29, 1.82) is 0 Å². The minimum Gasteiger partial charge on any atom is -0.409 e. The molecule has 1 aliphatic rings. The molecule has 1 aromatic rings. The molecule has 0 aliphatic carbocycles. The number of amidine groups is 1. The van der Waals surface area contributed by atoms with Crippen LogP contribution in [0.1, 0.15) is 12.8 Å². The second-order valence-corrected chi connectivity index (χ2v) is 6.49. The smallest absolute Gasteiger partial charge is 0.246 e. The van der Waals surface area contributed by atoms with Crippen LogP contribution in [0.4, 0.5) is 0 Å². The lowest BCUT2D eigenvalue weighted by molar-refractivity contribution is 0.291. The van der Waals surface area contributed by atoms with Crippen LogP contribution >= 0.6 is 0 Å². The zero-order chi connectivity index (χ0) is 14.0. The van der Waals surface area contributed by atoms with Crippen molar-refractivity contribution in [2.45, 2.75) is 17.7 Å². The Hall–Kier alpha value is -1.61. The number of sulfonamides is 1. The quantitative estimate of drug-likeness (QED) is 0.339. The van der Waals surface area contributed by atoms with Crippen molar-refractivity contribution >= 4 is 15.9 Å². The van der Waals surface area contributed by atoms with Crippen molar-refractivity contribution in [3.8, 4) is 0 Å². The summed E-state index contributed by atoms with van der Waals surface area (Å²) in [7, 11) is -1.82. The molecule has 106 valence electrons. The maximum Gasteiger partial charge on any atom is 0.246 e. The molecule has 0 unspecified atom stereocenters. The molecule has 3 N–H and O–H groups in total. The summed E-state index contributed by atoms with van der Waals surface area (Å²) < 4.78 is 27.5. The summed E-state index contributed by atoms with van der Waals surface area (Å²) in [6, 6.07) is 0. The predicted octanol–water partition coefficient (Wildman–Crippen LogP) is -0.433. The summed E-state index contributed by atoms with van der Waals surface area (Å²) in [5.74, 6) is 0.101. The standard InChI is InChI=1S/C10H17N5O3S/c1-14-7-9(6-12-14)19(17,18)15-4-2-8(3-5-15)10(11)13-16/h6-8,16H,2-5H2,1H3,(H2,11,13). The molecule has 19 heavy (non-hydrogen) atoms. The molecular weight excluding hydrogens is 270 g/mol. The number of nitrogens with two attached hydrogens (primary N) is 1. The Balaban J connectivity index is 2.09. The highest BCUT2D eigenvalue weighted by atomic mass is 32.2. The van der Waals surface area contributed by atoms with Crippen LogP contribution in [0.5, 0.6) is 0 Å². The zero-order valence-corrected chi connectivity index (χ0v) is 11.4. The number of hydrogen-bond donors (Lipinski definition) is 2. The highest BCUT2D eigenvalue weighted by Gasteiger charge is 2.31. The number of oxime groups is 1. The summed E-state index contributed by atoms with van der Waals surface area (Å²) in [6.45, 7) is 0.718. The van der Waals surface area contributed by atoms with Crippen molar-refractivity contribution in [3.05, 3.63) is 12.4 Å². The van der Waals surface area contributed by atoms with Crippen molar-refractivity contribution in [3.63, 3.8) is 0 Å². The van der Waals surface area contributed by atoms with E-state index < -0.39 is 10.0 Å². The van der Waals surface area contributed by atoms with E-state index in [4.69, 9.17) is 10.9 Å². The Kier molecular flexibility index (Phi) is 3.76. The summed E-state index contributed by atoms with van der Waals surface area (Å²) >= 11 is 0. The molecule has 0 bridgehead atoms. The summed E-state index contributed by atoms with van der Waals surface area (Å²) in [6.07, 6.45) is 3.92. The molecule has 0 saturated carbocycles. The fourth-order valence-corrected chi connectivity index (χ4v) is 3.61. The first-order valence-electron chi connectivity index (χ1n) is 5.91. The van der Waals surface area contributed by atoms with Crippen LogP contribution in [0.25, 0.3) is 0 Å². The average molecular weight is 287 g/mol. The predicted molar refractivity (Wildman–Crippen MR) is 68.1 cm³/mol. The highest BCUT2D eigenvalue weighted by molar-refractivity contribution is 7.89. The van der Waals surface area contributed by atoms with Gasteiger partial charge >= 0.3 is 0 Å². The molecule has 1 fully saturated rings. The first kappa shape index (κ1) is 13.8. The maximum atomic E-state index is 12.3. The molecule has 1 saturated heterocycles.